The third-order valence-corrected chi connectivity index (χ3v) is 3.55. The van der Waals surface area contributed by atoms with Gasteiger partial charge in [0.15, 0.2) is 0 Å². The van der Waals surface area contributed by atoms with Gasteiger partial charge in [-0.05, 0) is 31.8 Å². The number of nitriles is 1. The quantitative estimate of drug-likeness (QED) is 0.690. The summed E-state index contributed by atoms with van der Waals surface area (Å²) in [5, 5.41) is 9.40. The predicted octanol–water partition coefficient (Wildman–Crippen LogP) is 2.80. The van der Waals surface area contributed by atoms with E-state index >= 15 is 0 Å². The molecule has 14 heavy (non-hydrogen) atoms. The van der Waals surface area contributed by atoms with Crippen LogP contribution in [0.1, 0.15) is 46.5 Å². The summed E-state index contributed by atoms with van der Waals surface area (Å²) < 4.78 is 0. The van der Waals surface area contributed by atoms with E-state index in [0.29, 0.717) is 5.92 Å². The molecule has 0 radical (unpaired) electrons. The molecule has 80 valence electrons. The van der Waals surface area contributed by atoms with E-state index in [-0.39, 0.29) is 5.54 Å². The molecule has 0 heterocycles. The minimum Gasteiger partial charge on any atom is -0.286 e. The molecule has 0 bridgehead atoms. The van der Waals surface area contributed by atoms with Crippen LogP contribution < -0.4 is 0 Å². The molecular formula is C12H22N2. The van der Waals surface area contributed by atoms with Crippen molar-refractivity contribution in [2.24, 2.45) is 5.92 Å². The summed E-state index contributed by atoms with van der Waals surface area (Å²) >= 11 is 0. The first-order chi connectivity index (χ1) is 6.68. The first-order valence-electron chi connectivity index (χ1n) is 5.84. The third-order valence-electron chi connectivity index (χ3n) is 3.55. The molecule has 1 saturated carbocycles. The number of rotatable bonds is 3. The van der Waals surface area contributed by atoms with Crippen molar-refractivity contribution in [2.75, 3.05) is 13.1 Å². The highest BCUT2D eigenvalue weighted by Gasteiger charge is 2.38. The van der Waals surface area contributed by atoms with E-state index in [1.807, 2.05) is 0 Å². The molecule has 0 spiro atoms. The molecule has 2 heteroatoms. The summed E-state index contributed by atoms with van der Waals surface area (Å²) in [6.45, 7) is 8.58. The highest BCUT2D eigenvalue weighted by molar-refractivity contribution is 5.10. The van der Waals surface area contributed by atoms with E-state index < -0.39 is 0 Å². The summed E-state index contributed by atoms with van der Waals surface area (Å²) in [5.41, 5.74) is -0.152. The lowest BCUT2D eigenvalue weighted by Gasteiger charge is -2.42. The van der Waals surface area contributed by atoms with Crippen LogP contribution in [0.25, 0.3) is 0 Å². The Bertz CT molecular complexity index is 215. The zero-order valence-electron chi connectivity index (χ0n) is 9.71. The fourth-order valence-corrected chi connectivity index (χ4v) is 2.81. The second kappa shape index (κ2) is 4.79. The van der Waals surface area contributed by atoms with Crippen LogP contribution in [0.5, 0.6) is 0 Å². The minimum absolute atomic E-state index is 0.152. The molecule has 0 aromatic heterocycles. The van der Waals surface area contributed by atoms with E-state index in [1.165, 1.54) is 12.8 Å². The first-order valence-corrected chi connectivity index (χ1v) is 5.84. The van der Waals surface area contributed by atoms with Crippen LogP contribution >= 0.6 is 0 Å². The average molecular weight is 194 g/mol. The van der Waals surface area contributed by atoms with Crippen molar-refractivity contribution >= 4 is 0 Å². The Morgan fingerprint density at radius 3 is 2.50 bits per heavy atom. The van der Waals surface area contributed by atoms with E-state index in [9.17, 15) is 5.26 Å². The van der Waals surface area contributed by atoms with Crippen molar-refractivity contribution in [3.05, 3.63) is 0 Å². The average Bonchev–Trinajstić information content (AvgIpc) is 2.19. The zero-order chi connectivity index (χ0) is 10.6. The van der Waals surface area contributed by atoms with Crippen LogP contribution in [0.3, 0.4) is 0 Å². The summed E-state index contributed by atoms with van der Waals surface area (Å²) in [6, 6.07) is 2.58. The Hall–Kier alpha value is -0.550. The SMILES string of the molecule is CCN(CC)C1(C#N)CCCC(C)C1. The second-order valence-corrected chi connectivity index (χ2v) is 4.52. The fourth-order valence-electron chi connectivity index (χ4n) is 2.81. The lowest BCUT2D eigenvalue weighted by atomic mass is 9.76. The van der Waals surface area contributed by atoms with Crippen molar-refractivity contribution in [2.45, 2.75) is 52.0 Å². The maximum absolute atomic E-state index is 9.40. The molecular weight excluding hydrogens is 172 g/mol. The Labute approximate surface area is 87.9 Å². The molecule has 2 nitrogen and oxygen atoms in total. The van der Waals surface area contributed by atoms with Gasteiger partial charge >= 0.3 is 0 Å². The standard InChI is InChI=1S/C12H22N2/c1-4-14(5-2)12(10-13)8-6-7-11(3)9-12/h11H,4-9H2,1-3H3. The van der Waals surface area contributed by atoms with E-state index in [2.05, 4.69) is 31.7 Å². The molecule has 0 aromatic rings. The van der Waals surface area contributed by atoms with Gasteiger partial charge in [-0.1, -0.05) is 33.6 Å². The molecule has 1 fully saturated rings. The second-order valence-electron chi connectivity index (χ2n) is 4.52. The monoisotopic (exact) mass is 194 g/mol. The highest BCUT2D eigenvalue weighted by atomic mass is 15.2. The van der Waals surface area contributed by atoms with E-state index in [1.54, 1.807) is 0 Å². The Morgan fingerprint density at radius 1 is 1.43 bits per heavy atom. The van der Waals surface area contributed by atoms with Gasteiger partial charge in [-0.25, -0.2) is 0 Å². The lowest BCUT2D eigenvalue weighted by Crippen LogP contribution is -2.50. The van der Waals surface area contributed by atoms with Crippen molar-refractivity contribution in [1.29, 1.82) is 5.26 Å². The molecule has 1 aliphatic rings. The van der Waals surface area contributed by atoms with Gasteiger partial charge in [0.2, 0.25) is 0 Å². The van der Waals surface area contributed by atoms with Gasteiger partial charge in [-0.15, -0.1) is 0 Å². The summed E-state index contributed by atoms with van der Waals surface area (Å²) in [4.78, 5) is 2.34. The van der Waals surface area contributed by atoms with Gasteiger partial charge in [0.25, 0.3) is 0 Å². The zero-order valence-corrected chi connectivity index (χ0v) is 9.71. The molecule has 0 saturated heterocycles. The van der Waals surface area contributed by atoms with Crippen LogP contribution in [-0.4, -0.2) is 23.5 Å². The van der Waals surface area contributed by atoms with Gasteiger partial charge < -0.3 is 0 Å². The van der Waals surface area contributed by atoms with Gasteiger partial charge in [-0.2, -0.15) is 5.26 Å². The van der Waals surface area contributed by atoms with Gasteiger partial charge in [0.1, 0.15) is 5.54 Å². The number of hydrogen-bond donors (Lipinski definition) is 0. The summed E-state index contributed by atoms with van der Waals surface area (Å²) in [6.07, 6.45) is 4.64. The smallest absolute Gasteiger partial charge is 0.109 e. The van der Waals surface area contributed by atoms with Crippen LogP contribution in [0.4, 0.5) is 0 Å². The Balaban J connectivity index is 2.79. The predicted molar refractivity (Wildman–Crippen MR) is 58.9 cm³/mol. The van der Waals surface area contributed by atoms with Gasteiger partial charge in [0, 0.05) is 0 Å². The Morgan fingerprint density at radius 2 is 2.07 bits per heavy atom. The molecule has 1 aliphatic carbocycles. The molecule has 2 unspecified atom stereocenters. The Kier molecular flexibility index (Phi) is 3.95. The molecule has 0 aromatic carbocycles. The van der Waals surface area contributed by atoms with Crippen LogP contribution in [0.15, 0.2) is 0 Å². The molecule has 0 aliphatic heterocycles. The number of nitrogens with zero attached hydrogens (tertiary/aromatic N) is 2. The summed E-state index contributed by atoms with van der Waals surface area (Å²) in [7, 11) is 0. The topological polar surface area (TPSA) is 27.0 Å². The van der Waals surface area contributed by atoms with E-state index in [4.69, 9.17) is 0 Å². The first kappa shape index (κ1) is 11.5. The molecule has 2 atom stereocenters. The lowest BCUT2D eigenvalue weighted by molar-refractivity contribution is 0.0883. The maximum Gasteiger partial charge on any atom is 0.109 e. The van der Waals surface area contributed by atoms with Crippen molar-refractivity contribution in [1.82, 2.24) is 4.90 Å². The van der Waals surface area contributed by atoms with Crippen molar-refractivity contribution < 1.29 is 0 Å². The number of hydrogen-bond acceptors (Lipinski definition) is 2. The largest absolute Gasteiger partial charge is 0.286 e. The van der Waals surface area contributed by atoms with Crippen LogP contribution in [0.2, 0.25) is 0 Å². The highest BCUT2D eigenvalue weighted by Crippen LogP contribution is 2.36. The maximum atomic E-state index is 9.40. The summed E-state index contributed by atoms with van der Waals surface area (Å²) in [5.74, 6) is 0.712. The van der Waals surface area contributed by atoms with E-state index in [0.717, 1.165) is 25.9 Å². The van der Waals surface area contributed by atoms with Gasteiger partial charge in [0.05, 0.1) is 6.07 Å². The van der Waals surface area contributed by atoms with Gasteiger partial charge in [-0.3, -0.25) is 4.90 Å². The van der Waals surface area contributed by atoms with Crippen LogP contribution in [-0.2, 0) is 0 Å². The molecule has 0 amide bonds. The van der Waals surface area contributed by atoms with Crippen molar-refractivity contribution in [3.63, 3.8) is 0 Å². The molecule has 0 N–H and O–H groups in total. The minimum atomic E-state index is -0.152. The van der Waals surface area contributed by atoms with Crippen LogP contribution in [0, 0.1) is 17.2 Å². The normalized spacial score (nSPS) is 32.9. The molecule has 1 rings (SSSR count). The third kappa shape index (κ3) is 2.09. The van der Waals surface area contributed by atoms with Crippen molar-refractivity contribution in [3.8, 4) is 6.07 Å². The fraction of sp³-hybridized carbons (Fsp3) is 0.917.